The van der Waals surface area contributed by atoms with Crippen molar-refractivity contribution in [2.45, 2.75) is 0 Å². The Morgan fingerprint density at radius 1 is 0.917 bits per heavy atom. The normalized spacial score (nSPS) is 9.33. The molecule has 0 spiro atoms. The second-order valence-corrected chi connectivity index (χ2v) is 1.81. The van der Waals surface area contributed by atoms with E-state index < -0.39 is 10.7 Å². The third-order valence-corrected chi connectivity index (χ3v) is 1.10. The first-order chi connectivity index (χ1) is 5.22. The fourth-order valence-corrected chi connectivity index (χ4v) is 0.638. The van der Waals surface area contributed by atoms with Crippen molar-refractivity contribution in [2.75, 3.05) is 5.23 Å². The SMILES string of the molecule is Cl.FN(F)N(F)c1ccccc1. The lowest BCUT2D eigenvalue weighted by Crippen LogP contribution is -2.21. The molecular weight excluding hydrogens is 193 g/mol. The first-order valence-corrected chi connectivity index (χ1v) is 2.84. The minimum Gasteiger partial charge on any atom is -0.147 e. The third-order valence-electron chi connectivity index (χ3n) is 1.10. The van der Waals surface area contributed by atoms with Gasteiger partial charge in [-0.1, -0.05) is 36.9 Å². The largest absolute Gasteiger partial charge is 0.151 e. The van der Waals surface area contributed by atoms with Crippen molar-refractivity contribution in [3.63, 3.8) is 0 Å². The van der Waals surface area contributed by atoms with Crippen LogP contribution in [0.15, 0.2) is 30.3 Å². The molecule has 0 aliphatic heterocycles. The number of hydrazine groups is 1. The molecule has 1 aromatic carbocycles. The van der Waals surface area contributed by atoms with E-state index >= 15 is 0 Å². The van der Waals surface area contributed by atoms with Gasteiger partial charge < -0.3 is 0 Å². The first kappa shape index (κ1) is 11.1. The fourth-order valence-electron chi connectivity index (χ4n) is 0.638. The second-order valence-electron chi connectivity index (χ2n) is 1.81. The molecule has 0 saturated carbocycles. The summed E-state index contributed by atoms with van der Waals surface area (Å²) in [6.07, 6.45) is 0. The van der Waals surface area contributed by atoms with Crippen LogP contribution in [0.3, 0.4) is 0 Å². The fraction of sp³-hybridized carbons (Fsp3) is 0. The summed E-state index contributed by atoms with van der Waals surface area (Å²) in [5.74, 6) is 0. The number of para-hydroxylation sites is 1. The van der Waals surface area contributed by atoms with E-state index in [1.165, 1.54) is 24.3 Å². The quantitative estimate of drug-likeness (QED) is 0.533. The van der Waals surface area contributed by atoms with Gasteiger partial charge in [-0.3, -0.25) is 0 Å². The zero-order valence-electron chi connectivity index (χ0n) is 5.82. The number of hydrogen-bond donors (Lipinski definition) is 0. The highest BCUT2D eigenvalue weighted by Crippen LogP contribution is 2.16. The number of halogens is 4. The second kappa shape index (κ2) is 4.84. The highest BCUT2D eigenvalue weighted by Gasteiger charge is 2.12. The van der Waals surface area contributed by atoms with Gasteiger partial charge in [-0.2, -0.15) is 0 Å². The molecule has 0 fully saturated rings. The number of rotatable bonds is 2. The van der Waals surface area contributed by atoms with Crippen molar-refractivity contribution in [2.24, 2.45) is 0 Å². The number of nitrogens with zero attached hydrogens (tertiary/aromatic N) is 2. The van der Waals surface area contributed by atoms with E-state index in [0.29, 0.717) is 0 Å². The number of benzene rings is 1. The summed E-state index contributed by atoms with van der Waals surface area (Å²) in [5, 5.41) is -0.750. The monoisotopic (exact) mass is 198 g/mol. The van der Waals surface area contributed by atoms with Gasteiger partial charge in [0.05, 0.1) is 5.69 Å². The van der Waals surface area contributed by atoms with Gasteiger partial charge in [0.2, 0.25) is 0 Å². The van der Waals surface area contributed by atoms with Gasteiger partial charge in [0.25, 0.3) is 0 Å². The summed E-state index contributed by atoms with van der Waals surface area (Å²) in [6, 6.07) is 6.99. The molecule has 0 aliphatic rings. The molecule has 2 nitrogen and oxygen atoms in total. The van der Waals surface area contributed by atoms with Crippen LogP contribution in [0, 0.1) is 0 Å². The van der Waals surface area contributed by atoms with E-state index in [1.807, 2.05) is 0 Å². The van der Waals surface area contributed by atoms with Crippen LogP contribution >= 0.6 is 12.4 Å². The molecular formula is C6H6ClF3N2. The highest BCUT2D eigenvalue weighted by molar-refractivity contribution is 5.85. The maximum Gasteiger partial charge on any atom is 0.151 e. The summed E-state index contributed by atoms with van der Waals surface area (Å²) in [5.41, 5.74) is -1.84. The van der Waals surface area contributed by atoms with Crippen LogP contribution in [0.2, 0.25) is 0 Å². The molecule has 6 heteroatoms. The van der Waals surface area contributed by atoms with Crippen LogP contribution in [0.1, 0.15) is 0 Å². The van der Waals surface area contributed by atoms with Gasteiger partial charge in [0.1, 0.15) is 0 Å². The Labute approximate surface area is 73.4 Å². The summed E-state index contributed by atoms with van der Waals surface area (Å²) < 4.78 is 35.3. The molecule has 0 amide bonds. The van der Waals surface area contributed by atoms with Crippen molar-refractivity contribution >= 4 is 18.1 Å². The Morgan fingerprint density at radius 3 is 1.83 bits per heavy atom. The summed E-state index contributed by atoms with van der Waals surface area (Å²) in [6.45, 7) is 0. The molecule has 12 heavy (non-hydrogen) atoms. The number of hydrogen-bond acceptors (Lipinski definition) is 2. The molecule has 0 atom stereocenters. The van der Waals surface area contributed by atoms with Crippen molar-refractivity contribution in [3.05, 3.63) is 30.3 Å². The highest BCUT2D eigenvalue weighted by atomic mass is 35.5. The van der Waals surface area contributed by atoms with Crippen LogP contribution in [0.25, 0.3) is 0 Å². The average Bonchev–Trinajstić information content (AvgIpc) is 2.05. The zero-order valence-corrected chi connectivity index (χ0v) is 6.64. The van der Waals surface area contributed by atoms with Crippen LogP contribution in [0.5, 0.6) is 0 Å². The maximum atomic E-state index is 12.3. The molecule has 0 aromatic heterocycles. The number of anilines is 1. The van der Waals surface area contributed by atoms with Crippen molar-refractivity contribution < 1.29 is 13.4 Å². The molecule has 0 heterocycles. The van der Waals surface area contributed by atoms with Crippen molar-refractivity contribution in [3.8, 4) is 0 Å². The van der Waals surface area contributed by atoms with Gasteiger partial charge >= 0.3 is 0 Å². The molecule has 0 unspecified atom stereocenters. The van der Waals surface area contributed by atoms with Crippen LogP contribution in [-0.4, -0.2) is 5.45 Å². The smallest absolute Gasteiger partial charge is 0.147 e. The molecule has 1 rings (SSSR count). The Kier molecular flexibility index (Phi) is 4.46. The molecule has 0 bridgehead atoms. The van der Waals surface area contributed by atoms with Gasteiger partial charge in [-0.15, -0.1) is 12.4 Å². The van der Waals surface area contributed by atoms with Gasteiger partial charge in [0, 0.05) is 0 Å². The summed E-state index contributed by atoms with van der Waals surface area (Å²) in [7, 11) is 0. The van der Waals surface area contributed by atoms with Crippen LogP contribution < -0.4 is 5.23 Å². The minimum atomic E-state index is -1.63. The Hall–Kier alpha value is -0.940. The molecule has 0 aliphatic carbocycles. The van der Waals surface area contributed by atoms with Crippen molar-refractivity contribution in [1.29, 1.82) is 0 Å². The molecule has 1 aromatic rings. The average molecular weight is 199 g/mol. The maximum absolute atomic E-state index is 12.3. The van der Waals surface area contributed by atoms with E-state index in [4.69, 9.17) is 0 Å². The minimum absolute atomic E-state index is 0. The summed E-state index contributed by atoms with van der Waals surface area (Å²) in [4.78, 5) is 0. The van der Waals surface area contributed by atoms with E-state index in [1.54, 1.807) is 6.07 Å². The Morgan fingerprint density at radius 2 is 1.42 bits per heavy atom. The van der Waals surface area contributed by atoms with Gasteiger partial charge in [-0.25, -0.2) is 0 Å². The lowest BCUT2D eigenvalue weighted by Gasteiger charge is -2.10. The molecule has 0 radical (unpaired) electrons. The third kappa shape index (κ3) is 2.60. The first-order valence-electron chi connectivity index (χ1n) is 2.84. The zero-order chi connectivity index (χ0) is 8.27. The van der Waals surface area contributed by atoms with E-state index in [0.717, 1.165) is 0 Å². The predicted octanol–water partition coefficient (Wildman–Crippen LogP) is 2.79. The lowest BCUT2D eigenvalue weighted by atomic mass is 10.3. The summed E-state index contributed by atoms with van der Waals surface area (Å²) >= 11 is 0. The van der Waals surface area contributed by atoms with E-state index in [-0.39, 0.29) is 18.1 Å². The lowest BCUT2D eigenvalue weighted by molar-refractivity contribution is -0.196. The van der Waals surface area contributed by atoms with E-state index in [2.05, 4.69) is 0 Å². The van der Waals surface area contributed by atoms with Gasteiger partial charge in [-0.05, 0) is 12.1 Å². The predicted molar refractivity (Wildman–Crippen MR) is 41.3 cm³/mol. The molecule has 68 valence electrons. The van der Waals surface area contributed by atoms with Crippen molar-refractivity contribution in [1.82, 2.24) is 5.45 Å². The van der Waals surface area contributed by atoms with Crippen LogP contribution in [-0.2, 0) is 0 Å². The van der Waals surface area contributed by atoms with Gasteiger partial charge in [0.15, 0.2) is 5.45 Å². The van der Waals surface area contributed by atoms with E-state index in [9.17, 15) is 13.4 Å². The molecule has 0 saturated heterocycles. The Balaban J connectivity index is 0.00000121. The standard InChI is InChI=1S/C6H5F3N2.ClH/c7-10(11(8)9)6-4-2-1-3-5-6;/h1-5H;1H. The Bertz CT molecular complexity index is 219. The topological polar surface area (TPSA) is 6.48 Å². The molecule has 0 N–H and O–H groups in total. The van der Waals surface area contributed by atoms with Crippen LogP contribution in [0.4, 0.5) is 19.1 Å².